The average molecular weight is 383 g/mol. The molecule has 0 radical (unpaired) electrons. The van der Waals surface area contributed by atoms with E-state index in [9.17, 15) is 13.2 Å². The van der Waals surface area contributed by atoms with Gasteiger partial charge in [0.05, 0.1) is 17.4 Å². The van der Waals surface area contributed by atoms with Crippen LogP contribution >= 0.6 is 11.6 Å². The normalized spacial score (nSPS) is 20.2. The third kappa shape index (κ3) is 3.45. The lowest BCUT2D eigenvalue weighted by Crippen LogP contribution is -2.26. The first kappa shape index (κ1) is 18.4. The van der Waals surface area contributed by atoms with E-state index in [0.717, 1.165) is 6.07 Å². The summed E-state index contributed by atoms with van der Waals surface area (Å²) in [6, 6.07) is 7.54. The van der Waals surface area contributed by atoms with Crippen LogP contribution in [0.4, 0.5) is 19.0 Å². The number of halogens is 4. The molecule has 9 heteroatoms. The summed E-state index contributed by atoms with van der Waals surface area (Å²) in [7, 11) is 0. The highest BCUT2D eigenvalue weighted by atomic mass is 35.5. The Kier molecular flexibility index (Phi) is 5.03. The van der Waals surface area contributed by atoms with Gasteiger partial charge < -0.3 is 9.64 Å². The smallest absolute Gasteiger partial charge is 0.347 e. The molecule has 0 saturated carbocycles. The Labute approximate surface area is 153 Å². The number of ether oxygens (including phenoxy) is 1. The first-order valence-electron chi connectivity index (χ1n) is 7.86. The van der Waals surface area contributed by atoms with Crippen LogP contribution in [0.5, 0.6) is 0 Å². The summed E-state index contributed by atoms with van der Waals surface area (Å²) in [6.07, 6.45) is -3.34. The third-order valence-electron chi connectivity index (χ3n) is 4.07. The van der Waals surface area contributed by atoms with E-state index in [4.69, 9.17) is 21.6 Å². The molecule has 5 nitrogen and oxygen atoms in total. The van der Waals surface area contributed by atoms with Gasteiger partial charge in [-0.25, -0.2) is 4.98 Å². The lowest BCUT2D eigenvalue weighted by molar-refractivity contribution is -0.137. The van der Waals surface area contributed by atoms with Gasteiger partial charge in [-0.1, -0.05) is 24.6 Å². The molecule has 1 aliphatic heterocycles. The molecule has 1 saturated heterocycles. The van der Waals surface area contributed by atoms with Gasteiger partial charge in [0.1, 0.15) is 22.6 Å². The molecule has 3 heterocycles. The fourth-order valence-electron chi connectivity index (χ4n) is 2.78. The number of hydrogen-bond donors (Lipinski definition) is 0. The lowest BCUT2D eigenvalue weighted by Gasteiger charge is -2.24. The van der Waals surface area contributed by atoms with Gasteiger partial charge in [0.15, 0.2) is 6.23 Å². The van der Waals surface area contributed by atoms with Gasteiger partial charge >= 0.3 is 6.18 Å². The second-order valence-corrected chi connectivity index (χ2v) is 6.09. The molecule has 2 aromatic heterocycles. The standard InChI is InChI=1S/C17H14ClF3N4O/c1-2-10-9-25(16(26-10)13-5-3-4-6-23-13)14-7-12(17(19,20)21)11(8-22)15(18)24-14/h3-7,10,16H,2,9H2,1H3. The molecule has 26 heavy (non-hydrogen) atoms. The number of hydrogen-bond acceptors (Lipinski definition) is 5. The largest absolute Gasteiger partial charge is 0.417 e. The van der Waals surface area contributed by atoms with E-state index in [1.54, 1.807) is 29.3 Å². The molecular formula is C17H14ClF3N4O. The van der Waals surface area contributed by atoms with E-state index >= 15 is 0 Å². The Bertz CT molecular complexity index is 838. The number of anilines is 1. The fourth-order valence-corrected chi connectivity index (χ4v) is 3.01. The van der Waals surface area contributed by atoms with Crippen LogP contribution in [-0.2, 0) is 10.9 Å². The summed E-state index contributed by atoms with van der Waals surface area (Å²) in [5, 5.41) is 8.52. The first-order valence-corrected chi connectivity index (χ1v) is 8.23. The summed E-state index contributed by atoms with van der Waals surface area (Å²) in [5.74, 6) is -0.00655. The molecule has 0 amide bonds. The molecule has 1 fully saturated rings. The molecule has 3 rings (SSSR count). The molecule has 2 unspecified atom stereocenters. The summed E-state index contributed by atoms with van der Waals surface area (Å²) >= 11 is 5.87. The SMILES string of the molecule is CCC1CN(c2cc(C(F)(F)F)c(C#N)c(Cl)n2)C(c2ccccn2)O1. The van der Waals surface area contributed by atoms with Crippen molar-refractivity contribution in [1.29, 1.82) is 5.26 Å². The molecule has 0 spiro atoms. The highest BCUT2D eigenvalue weighted by molar-refractivity contribution is 6.30. The minimum absolute atomic E-state index is 0.00655. The molecular weight excluding hydrogens is 369 g/mol. The minimum Gasteiger partial charge on any atom is -0.347 e. The Morgan fingerprint density at radius 2 is 2.19 bits per heavy atom. The van der Waals surface area contributed by atoms with E-state index in [1.807, 2.05) is 6.92 Å². The average Bonchev–Trinajstić information content (AvgIpc) is 3.05. The van der Waals surface area contributed by atoms with Gasteiger partial charge in [-0.15, -0.1) is 0 Å². The molecule has 0 N–H and O–H groups in total. The number of alkyl halides is 3. The van der Waals surface area contributed by atoms with Crippen molar-refractivity contribution in [3.8, 4) is 6.07 Å². The maximum atomic E-state index is 13.3. The van der Waals surface area contributed by atoms with Crippen molar-refractivity contribution in [3.63, 3.8) is 0 Å². The predicted molar refractivity (Wildman–Crippen MR) is 88.5 cm³/mol. The van der Waals surface area contributed by atoms with E-state index in [1.165, 1.54) is 6.07 Å². The van der Waals surface area contributed by atoms with Crippen LogP contribution in [0.15, 0.2) is 30.5 Å². The monoisotopic (exact) mass is 382 g/mol. The van der Waals surface area contributed by atoms with Crippen LogP contribution in [0.1, 0.15) is 36.4 Å². The van der Waals surface area contributed by atoms with E-state index < -0.39 is 28.7 Å². The highest BCUT2D eigenvalue weighted by Gasteiger charge is 2.39. The molecule has 2 atom stereocenters. The van der Waals surface area contributed by atoms with Gasteiger partial charge in [-0.05, 0) is 24.6 Å². The van der Waals surface area contributed by atoms with Crippen LogP contribution < -0.4 is 4.90 Å². The van der Waals surface area contributed by atoms with Gasteiger partial charge in [0.2, 0.25) is 0 Å². The van der Waals surface area contributed by atoms with Gasteiger partial charge in [0, 0.05) is 12.7 Å². The summed E-state index contributed by atoms with van der Waals surface area (Å²) in [4.78, 5) is 9.82. The second kappa shape index (κ2) is 7.09. The maximum Gasteiger partial charge on any atom is 0.417 e. The summed E-state index contributed by atoms with van der Waals surface area (Å²) < 4.78 is 46.0. The molecule has 2 aromatic rings. The zero-order chi connectivity index (χ0) is 18.9. The number of pyridine rings is 2. The first-order chi connectivity index (χ1) is 12.3. The van der Waals surface area contributed by atoms with Crippen molar-refractivity contribution in [2.75, 3.05) is 11.4 Å². The van der Waals surface area contributed by atoms with Gasteiger partial charge in [-0.3, -0.25) is 4.98 Å². The fraction of sp³-hybridized carbons (Fsp3) is 0.353. The van der Waals surface area contributed by atoms with Crippen molar-refractivity contribution in [3.05, 3.63) is 52.4 Å². The Morgan fingerprint density at radius 1 is 1.42 bits per heavy atom. The number of nitrogens with zero attached hydrogens (tertiary/aromatic N) is 4. The lowest BCUT2D eigenvalue weighted by atomic mass is 10.1. The zero-order valence-electron chi connectivity index (χ0n) is 13.7. The van der Waals surface area contributed by atoms with Crippen molar-refractivity contribution in [2.24, 2.45) is 0 Å². The summed E-state index contributed by atoms with van der Waals surface area (Å²) in [5.41, 5.74) is -1.25. The Hall–Kier alpha value is -2.37. The maximum absolute atomic E-state index is 13.3. The zero-order valence-corrected chi connectivity index (χ0v) is 14.4. The summed E-state index contributed by atoms with van der Waals surface area (Å²) in [6.45, 7) is 2.26. The molecule has 136 valence electrons. The molecule has 0 bridgehead atoms. The van der Waals surface area contributed by atoms with Crippen molar-refractivity contribution < 1.29 is 17.9 Å². The highest BCUT2D eigenvalue weighted by Crippen LogP contribution is 2.40. The second-order valence-electron chi connectivity index (χ2n) is 5.73. The predicted octanol–water partition coefficient (Wildman–Crippen LogP) is 4.33. The number of nitriles is 1. The van der Waals surface area contributed by atoms with Crippen LogP contribution in [0.3, 0.4) is 0 Å². The van der Waals surface area contributed by atoms with E-state index in [-0.39, 0.29) is 11.9 Å². The minimum atomic E-state index is -4.72. The topological polar surface area (TPSA) is 62.0 Å². The van der Waals surface area contributed by atoms with Crippen molar-refractivity contribution in [1.82, 2.24) is 9.97 Å². The van der Waals surface area contributed by atoms with Crippen molar-refractivity contribution in [2.45, 2.75) is 31.9 Å². The molecule has 0 aromatic carbocycles. The molecule has 1 aliphatic rings. The van der Waals surface area contributed by atoms with Crippen LogP contribution in [-0.4, -0.2) is 22.6 Å². The number of rotatable bonds is 3. The third-order valence-corrected chi connectivity index (χ3v) is 4.35. The Morgan fingerprint density at radius 3 is 2.77 bits per heavy atom. The van der Waals surface area contributed by atoms with E-state index in [0.29, 0.717) is 18.7 Å². The Balaban J connectivity index is 2.09. The van der Waals surface area contributed by atoms with Crippen molar-refractivity contribution >= 4 is 17.4 Å². The van der Waals surface area contributed by atoms with E-state index in [2.05, 4.69) is 9.97 Å². The molecule has 0 aliphatic carbocycles. The van der Waals surface area contributed by atoms with Gasteiger partial charge in [0.25, 0.3) is 0 Å². The quantitative estimate of drug-likeness (QED) is 0.739. The van der Waals surface area contributed by atoms with Crippen LogP contribution in [0.25, 0.3) is 0 Å². The van der Waals surface area contributed by atoms with Crippen LogP contribution in [0, 0.1) is 11.3 Å². The van der Waals surface area contributed by atoms with Gasteiger partial charge in [-0.2, -0.15) is 18.4 Å². The van der Waals surface area contributed by atoms with Crippen LogP contribution in [0.2, 0.25) is 5.15 Å². The number of aromatic nitrogens is 2.